The number of benzene rings is 2. The molecule has 1 aromatic heterocycles. The lowest BCUT2D eigenvalue weighted by Crippen LogP contribution is -2.37. The van der Waals surface area contributed by atoms with Crippen molar-refractivity contribution in [1.82, 2.24) is 4.98 Å². The van der Waals surface area contributed by atoms with Crippen LogP contribution in [0.15, 0.2) is 48.0 Å². The van der Waals surface area contributed by atoms with Crippen LogP contribution in [0, 0.1) is 21.4 Å². The van der Waals surface area contributed by atoms with Gasteiger partial charge in [0.25, 0.3) is 11.6 Å². The fraction of sp³-hybridized carbons (Fsp3) is 0.240. The molecule has 0 atom stereocenters. The Hall–Kier alpha value is -4.69. The Labute approximate surface area is 205 Å². The summed E-state index contributed by atoms with van der Waals surface area (Å²) in [7, 11) is 0. The van der Waals surface area contributed by atoms with E-state index in [4.69, 9.17) is 19.2 Å². The number of ether oxygens (including phenoxy) is 3. The highest BCUT2D eigenvalue weighted by molar-refractivity contribution is 6.11. The predicted octanol–water partition coefficient (Wildman–Crippen LogP) is 3.30. The number of pyridine rings is 1. The van der Waals surface area contributed by atoms with Gasteiger partial charge in [-0.1, -0.05) is 18.2 Å². The number of nitro benzene ring substituents is 1. The van der Waals surface area contributed by atoms with Crippen LogP contribution in [0.3, 0.4) is 0 Å². The number of carbonyl (C=O) groups excluding carboxylic acids is 1. The molecule has 182 valence electrons. The SMILES string of the molecule is N#C/C(=C/c1cc2ccccc2nc1N1CCOCC1)C(=O)Nc1cc2c(cc1[N+](=O)[O-])OCCO2. The number of hydrogen-bond donors (Lipinski definition) is 1. The molecular formula is C25H21N5O6. The molecule has 0 unspecified atom stereocenters. The monoisotopic (exact) mass is 487 g/mol. The normalized spacial score (nSPS) is 15.3. The summed E-state index contributed by atoms with van der Waals surface area (Å²) in [6.45, 7) is 2.85. The van der Waals surface area contributed by atoms with Crippen LogP contribution in [-0.4, -0.2) is 55.3 Å². The maximum absolute atomic E-state index is 13.1. The van der Waals surface area contributed by atoms with Crippen LogP contribution < -0.4 is 19.7 Å². The summed E-state index contributed by atoms with van der Waals surface area (Å²) in [6, 6.07) is 13.9. The molecule has 1 amide bonds. The van der Waals surface area contributed by atoms with Crippen LogP contribution in [0.2, 0.25) is 0 Å². The van der Waals surface area contributed by atoms with Gasteiger partial charge < -0.3 is 24.4 Å². The molecule has 1 N–H and O–H groups in total. The Balaban J connectivity index is 1.52. The van der Waals surface area contributed by atoms with Crippen molar-refractivity contribution in [3.8, 4) is 17.6 Å². The van der Waals surface area contributed by atoms with Crippen molar-refractivity contribution in [1.29, 1.82) is 5.26 Å². The molecule has 11 nitrogen and oxygen atoms in total. The lowest BCUT2D eigenvalue weighted by molar-refractivity contribution is -0.384. The van der Waals surface area contributed by atoms with E-state index in [0.717, 1.165) is 10.9 Å². The van der Waals surface area contributed by atoms with Gasteiger partial charge in [0.1, 0.15) is 36.4 Å². The number of morpholine rings is 1. The summed E-state index contributed by atoms with van der Waals surface area (Å²) in [6.07, 6.45) is 1.45. The third-order valence-electron chi connectivity index (χ3n) is 5.81. The molecular weight excluding hydrogens is 466 g/mol. The lowest BCUT2D eigenvalue weighted by Gasteiger charge is -2.29. The zero-order valence-corrected chi connectivity index (χ0v) is 19.1. The van der Waals surface area contributed by atoms with Crippen molar-refractivity contribution in [3.63, 3.8) is 0 Å². The number of carbonyl (C=O) groups is 1. The minimum atomic E-state index is -0.793. The molecule has 3 heterocycles. The minimum Gasteiger partial charge on any atom is -0.486 e. The maximum atomic E-state index is 13.1. The Morgan fingerprint density at radius 3 is 2.56 bits per heavy atom. The molecule has 5 rings (SSSR count). The Kier molecular flexibility index (Phi) is 6.34. The van der Waals surface area contributed by atoms with E-state index in [1.807, 2.05) is 41.3 Å². The van der Waals surface area contributed by atoms with Gasteiger partial charge in [-0.15, -0.1) is 0 Å². The molecule has 0 spiro atoms. The van der Waals surface area contributed by atoms with Gasteiger partial charge in [0, 0.05) is 30.1 Å². The number of para-hydroxylation sites is 1. The van der Waals surface area contributed by atoms with E-state index in [1.165, 1.54) is 18.2 Å². The third-order valence-corrected chi connectivity index (χ3v) is 5.81. The largest absolute Gasteiger partial charge is 0.486 e. The van der Waals surface area contributed by atoms with E-state index < -0.39 is 10.8 Å². The molecule has 1 saturated heterocycles. The quantitative estimate of drug-likeness (QED) is 0.248. The van der Waals surface area contributed by atoms with E-state index in [-0.39, 0.29) is 41.7 Å². The molecule has 0 radical (unpaired) electrons. The van der Waals surface area contributed by atoms with Gasteiger partial charge in [-0.2, -0.15) is 5.26 Å². The number of nitrogens with zero attached hydrogens (tertiary/aromatic N) is 4. The number of amides is 1. The molecule has 2 aromatic carbocycles. The van der Waals surface area contributed by atoms with Crippen molar-refractivity contribution in [3.05, 3.63) is 63.7 Å². The van der Waals surface area contributed by atoms with Crippen LogP contribution in [-0.2, 0) is 9.53 Å². The molecule has 0 bridgehead atoms. The number of nitrogens with one attached hydrogen (secondary N) is 1. The second-order valence-electron chi connectivity index (χ2n) is 8.09. The third kappa shape index (κ3) is 4.62. The molecule has 11 heteroatoms. The Bertz CT molecular complexity index is 1420. The molecule has 0 aliphatic carbocycles. The van der Waals surface area contributed by atoms with Crippen molar-refractivity contribution in [2.45, 2.75) is 0 Å². The number of nitriles is 1. The lowest BCUT2D eigenvalue weighted by atomic mass is 10.1. The fourth-order valence-corrected chi connectivity index (χ4v) is 4.08. The Morgan fingerprint density at radius 1 is 1.11 bits per heavy atom. The van der Waals surface area contributed by atoms with Crippen LogP contribution in [0.5, 0.6) is 11.5 Å². The maximum Gasteiger partial charge on any atom is 0.296 e. The highest BCUT2D eigenvalue weighted by Crippen LogP contribution is 2.39. The van der Waals surface area contributed by atoms with Crippen LogP contribution in [0.25, 0.3) is 17.0 Å². The number of rotatable bonds is 5. The zero-order valence-electron chi connectivity index (χ0n) is 19.1. The number of nitro groups is 1. The first-order valence-corrected chi connectivity index (χ1v) is 11.3. The van der Waals surface area contributed by atoms with Gasteiger partial charge >= 0.3 is 0 Å². The highest BCUT2D eigenvalue weighted by Gasteiger charge is 2.25. The number of aromatic nitrogens is 1. The van der Waals surface area contributed by atoms with E-state index in [0.29, 0.717) is 37.7 Å². The van der Waals surface area contributed by atoms with Crippen LogP contribution in [0.4, 0.5) is 17.2 Å². The fourth-order valence-electron chi connectivity index (χ4n) is 4.08. The van der Waals surface area contributed by atoms with E-state index in [1.54, 1.807) is 0 Å². The molecule has 1 fully saturated rings. The summed E-state index contributed by atoms with van der Waals surface area (Å²) in [5, 5.41) is 24.8. The van der Waals surface area contributed by atoms with Crippen LogP contribution >= 0.6 is 0 Å². The van der Waals surface area contributed by atoms with Crippen molar-refractivity contribution < 1.29 is 23.9 Å². The molecule has 2 aliphatic rings. The summed E-state index contributed by atoms with van der Waals surface area (Å²) >= 11 is 0. The van der Waals surface area contributed by atoms with E-state index >= 15 is 0 Å². The van der Waals surface area contributed by atoms with Gasteiger partial charge in [0.05, 0.1) is 29.7 Å². The first-order valence-electron chi connectivity index (χ1n) is 11.3. The average molecular weight is 487 g/mol. The molecule has 0 saturated carbocycles. The number of anilines is 2. The van der Waals surface area contributed by atoms with Crippen molar-refractivity contribution in [2.24, 2.45) is 0 Å². The number of fused-ring (bicyclic) bond motifs is 2. The van der Waals surface area contributed by atoms with Gasteiger partial charge in [-0.25, -0.2) is 4.98 Å². The Morgan fingerprint density at radius 2 is 1.83 bits per heavy atom. The smallest absolute Gasteiger partial charge is 0.296 e. The van der Waals surface area contributed by atoms with E-state index in [9.17, 15) is 20.2 Å². The van der Waals surface area contributed by atoms with Gasteiger partial charge in [0.2, 0.25) is 0 Å². The standard InChI is InChI=1S/C25H21N5O6/c26-15-18(25(31)28-20-13-22-23(36-10-9-35-22)14-21(20)30(32)33)12-17-11-16-3-1-2-4-19(16)27-24(17)29-5-7-34-8-6-29/h1-4,11-14H,5-10H2,(H,28,31)/b18-12-. The second-order valence-corrected chi connectivity index (χ2v) is 8.09. The first-order chi connectivity index (χ1) is 17.5. The molecule has 36 heavy (non-hydrogen) atoms. The summed E-state index contributed by atoms with van der Waals surface area (Å²) in [4.78, 5) is 30.9. The number of hydrogen-bond acceptors (Lipinski definition) is 9. The first kappa shape index (κ1) is 23.1. The van der Waals surface area contributed by atoms with E-state index in [2.05, 4.69) is 5.32 Å². The van der Waals surface area contributed by atoms with Crippen molar-refractivity contribution >= 4 is 40.1 Å². The summed E-state index contributed by atoms with van der Waals surface area (Å²) < 4.78 is 16.3. The molecule has 2 aliphatic heterocycles. The minimum absolute atomic E-state index is 0.0968. The van der Waals surface area contributed by atoms with Gasteiger partial charge in [0.15, 0.2) is 11.5 Å². The molecule has 3 aromatic rings. The van der Waals surface area contributed by atoms with Gasteiger partial charge in [-0.05, 0) is 18.2 Å². The van der Waals surface area contributed by atoms with Crippen molar-refractivity contribution in [2.75, 3.05) is 49.7 Å². The van der Waals surface area contributed by atoms with Gasteiger partial charge in [-0.3, -0.25) is 14.9 Å². The summed E-state index contributed by atoms with van der Waals surface area (Å²) in [5.74, 6) is 0.332. The van der Waals surface area contributed by atoms with Crippen LogP contribution in [0.1, 0.15) is 5.56 Å². The second kappa shape index (κ2) is 9.89. The topological polar surface area (TPSA) is 140 Å². The highest BCUT2D eigenvalue weighted by atomic mass is 16.6. The zero-order chi connectivity index (χ0) is 25.1. The average Bonchev–Trinajstić information content (AvgIpc) is 2.91. The summed E-state index contributed by atoms with van der Waals surface area (Å²) in [5.41, 5.74) is 0.669. The predicted molar refractivity (Wildman–Crippen MR) is 131 cm³/mol.